The Morgan fingerprint density at radius 2 is 1.27 bits per heavy atom. The lowest BCUT2D eigenvalue weighted by atomic mass is 10.1. The Morgan fingerprint density at radius 3 is 1.70 bits per heavy atom. The van der Waals surface area contributed by atoms with Gasteiger partial charge in [-0.15, -0.1) is 0 Å². The first-order valence-corrected chi connectivity index (χ1v) is 11.9. The molecule has 0 aliphatic heterocycles. The first-order valence-electron chi connectivity index (χ1n) is 10.0. The van der Waals surface area contributed by atoms with E-state index in [4.69, 9.17) is 4.74 Å². The summed E-state index contributed by atoms with van der Waals surface area (Å²) in [6.07, 6.45) is -0.270. The summed E-state index contributed by atoms with van der Waals surface area (Å²) in [5.41, 5.74) is 0.267. The van der Waals surface area contributed by atoms with E-state index < -0.39 is 24.9 Å². The van der Waals surface area contributed by atoms with Gasteiger partial charge in [0.1, 0.15) is 12.7 Å². The van der Waals surface area contributed by atoms with Crippen LogP contribution in [-0.4, -0.2) is 17.9 Å². The summed E-state index contributed by atoms with van der Waals surface area (Å²) >= 11 is 0. The lowest BCUT2D eigenvalue weighted by molar-refractivity contribution is 0.0508. The van der Waals surface area contributed by atoms with Crippen LogP contribution in [0.4, 0.5) is 4.79 Å². The maximum absolute atomic E-state index is 14.5. The first-order chi connectivity index (χ1) is 14.3. The number of alkyl carbamates (subject to hydrolysis) is 1. The molecule has 0 bridgehead atoms. The fourth-order valence-corrected chi connectivity index (χ4v) is 6.17. The minimum absolute atomic E-state index is 0.254. The van der Waals surface area contributed by atoms with Gasteiger partial charge in [0.2, 0.25) is 0 Å². The van der Waals surface area contributed by atoms with Crippen molar-refractivity contribution in [1.82, 2.24) is 5.32 Å². The van der Waals surface area contributed by atoms with Crippen molar-refractivity contribution in [2.75, 3.05) is 6.16 Å². The summed E-state index contributed by atoms with van der Waals surface area (Å²) < 4.78 is 20.0. The predicted molar refractivity (Wildman–Crippen MR) is 123 cm³/mol. The third-order valence-corrected chi connectivity index (χ3v) is 7.82. The fraction of sp³-hybridized carbons (Fsp3) is 0.240. The van der Waals surface area contributed by atoms with Gasteiger partial charge in [-0.3, -0.25) is 0 Å². The van der Waals surface area contributed by atoms with E-state index in [1.165, 1.54) is 0 Å². The molecule has 0 fully saturated rings. The molecule has 4 nitrogen and oxygen atoms in total. The van der Waals surface area contributed by atoms with Crippen LogP contribution in [0.3, 0.4) is 0 Å². The molecule has 5 heteroatoms. The van der Waals surface area contributed by atoms with E-state index >= 15 is 0 Å². The zero-order chi connectivity index (χ0) is 21.6. The molecule has 0 radical (unpaired) electrons. The second kappa shape index (κ2) is 9.32. The molecule has 3 aromatic rings. The van der Waals surface area contributed by atoms with Gasteiger partial charge >= 0.3 is 6.09 Å². The third-order valence-electron chi connectivity index (χ3n) is 4.68. The minimum atomic E-state index is -3.02. The summed E-state index contributed by atoms with van der Waals surface area (Å²) in [4.78, 5) is 12.6. The molecule has 156 valence electrons. The molecule has 3 rings (SSSR count). The van der Waals surface area contributed by atoms with Crippen molar-refractivity contribution in [3.8, 4) is 0 Å². The molecule has 0 aliphatic rings. The molecule has 3 aromatic carbocycles. The molecule has 1 atom stereocenters. The highest BCUT2D eigenvalue weighted by atomic mass is 31.2. The molecule has 0 saturated carbocycles. The van der Waals surface area contributed by atoms with Gasteiger partial charge in [-0.05, 0) is 26.3 Å². The summed E-state index contributed by atoms with van der Waals surface area (Å²) in [6, 6.07) is 28.1. The lowest BCUT2D eigenvalue weighted by Gasteiger charge is -2.28. The quantitative estimate of drug-likeness (QED) is 0.552. The van der Waals surface area contributed by atoms with Crippen LogP contribution in [-0.2, 0) is 9.30 Å². The van der Waals surface area contributed by atoms with Crippen LogP contribution >= 0.6 is 7.14 Å². The van der Waals surface area contributed by atoms with Crippen molar-refractivity contribution in [2.24, 2.45) is 0 Å². The van der Waals surface area contributed by atoms with Crippen molar-refractivity contribution in [1.29, 1.82) is 0 Å². The summed E-state index contributed by atoms with van der Waals surface area (Å²) in [7, 11) is -3.02. The highest BCUT2D eigenvalue weighted by Gasteiger charge is 2.33. The van der Waals surface area contributed by atoms with Crippen molar-refractivity contribution >= 4 is 23.8 Å². The molecule has 30 heavy (non-hydrogen) atoms. The SMILES string of the molecule is CC(C)(C)OC(=O)N[C@H](CP(=O)(c1ccccc1)c1ccccc1)c1ccccc1. The topological polar surface area (TPSA) is 55.4 Å². The smallest absolute Gasteiger partial charge is 0.408 e. The van der Waals surface area contributed by atoms with E-state index in [-0.39, 0.29) is 6.16 Å². The van der Waals surface area contributed by atoms with Crippen LogP contribution in [0.5, 0.6) is 0 Å². The number of carbonyl (C=O) groups excluding carboxylic acids is 1. The molecule has 0 aromatic heterocycles. The first kappa shape index (κ1) is 21.9. The van der Waals surface area contributed by atoms with Gasteiger partial charge in [-0.2, -0.15) is 0 Å². The van der Waals surface area contributed by atoms with Crippen LogP contribution in [0.1, 0.15) is 32.4 Å². The van der Waals surface area contributed by atoms with Crippen LogP contribution in [0.25, 0.3) is 0 Å². The van der Waals surface area contributed by atoms with Crippen LogP contribution in [0.2, 0.25) is 0 Å². The van der Waals surface area contributed by atoms with Gasteiger partial charge in [-0.25, -0.2) is 4.79 Å². The molecule has 0 heterocycles. The number of rotatable bonds is 6. The average molecular weight is 421 g/mol. The molecular weight excluding hydrogens is 393 g/mol. The van der Waals surface area contributed by atoms with Crippen molar-refractivity contribution in [3.63, 3.8) is 0 Å². The summed E-state index contributed by atoms with van der Waals surface area (Å²) in [5, 5.41) is 4.49. The molecule has 0 spiro atoms. The zero-order valence-corrected chi connectivity index (χ0v) is 18.5. The Bertz CT molecular complexity index is 955. The highest BCUT2D eigenvalue weighted by Crippen LogP contribution is 2.46. The predicted octanol–water partition coefficient (Wildman–Crippen LogP) is 5.27. The largest absolute Gasteiger partial charge is 0.444 e. The zero-order valence-electron chi connectivity index (χ0n) is 17.6. The van der Waals surface area contributed by atoms with E-state index in [2.05, 4.69) is 5.32 Å². The van der Waals surface area contributed by atoms with Crippen molar-refractivity contribution in [3.05, 3.63) is 96.6 Å². The number of amides is 1. The Labute approximate surface area is 178 Å². The van der Waals surface area contributed by atoms with Crippen molar-refractivity contribution in [2.45, 2.75) is 32.4 Å². The van der Waals surface area contributed by atoms with E-state index in [0.29, 0.717) is 0 Å². The monoisotopic (exact) mass is 421 g/mol. The van der Waals surface area contributed by atoms with Crippen LogP contribution in [0, 0.1) is 0 Å². The Morgan fingerprint density at radius 1 is 0.833 bits per heavy atom. The molecule has 0 saturated heterocycles. The number of nitrogens with one attached hydrogen (secondary N) is 1. The average Bonchev–Trinajstić information content (AvgIpc) is 2.74. The van der Waals surface area contributed by atoms with E-state index in [1.807, 2.05) is 112 Å². The molecule has 0 unspecified atom stereocenters. The summed E-state index contributed by atoms with van der Waals surface area (Å²) in [6.45, 7) is 5.47. The number of carbonyl (C=O) groups is 1. The van der Waals surface area contributed by atoms with Gasteiger partial charge in [0, 0.05) is 16.8 Å². The van der Waals surface area contributed by atoms with E-state index in [1.54, 1.807) is 0 Å². The second-order valence-electron chi connectivity index (χ2n) is 8.20. The number of ether oxygens (including phenoxy) is 1. The van der Waals surface area contributed by atoms with Crippen LogP contribution < -0.4 is 15.9 Å². The van der Waals surface area contributed by atoms with E-state index in [0.717, 1.165) is 16.2 Å². The number of benzene rings is 3. The van der Waals surface area contributed by atoms with Gasteiger partial charge in [0.25, 0.3) is 0 Å². The fourth-order valence-electron chi connectivity index (χ4n) is 3.32. The molecule has 0 aliphatic carbocycles. The summed E-state index contributed by atoms with van der Waals surface area (Å²) in [5.74, 6) is 0. The third kappa shape index (κ3) is 5.61. The van der Waals surface area contributed by atoms with Gasteiger partial charge < -0.3 is 14.6 Å². The van der Waals surface area contributed by atoms with Crippen LogP contribution in [0.15, 0.2) is 91.0 Å². The molecular formula is C25H28NO3P. The maximum atomic E-state index is 14.5. The Balaban J connectivity index is 2.01. The molecule has 1 amide bonds. The lowest BCUT2D eigenvalue weighted by Crippen LogP contribution is -2.37. The van der Waals surface area contributed by atoms with Crippen molar-refractivity contribution < 1.29 is 14.1 Å². The number of hydrogen-bond acceptors (Lipinski definition) is 3. The Kier molecular flexibility index (Phi) is 6.79. The minimum Gasteiger partial charge on any atom is -0.444 e. The van der Waals surface area contributed by atoms with Gasteiger partial charge in [-0.1, -0.05) is 91.0 Å². The second-order valence-corrected chi connectivity index (χ2v) is 11.1. The standard InChI is InChI=1S/C25H28NO3P/c1-25(2,3)29-24(27)26-23(20-13-7-4-8-14-20)19-30(28,21-15-9-5-10-16-21)22-17-11-6-12-18-22/h4-18,23H,19H2,1-3H3,(H,26,27)/t23-/m1/s1. The van der Waals surface area contributed by atoms with E-state index in [9.17, 15) is 9.36 Å². The van der Waals surface area contributed by atoms with Gasteiger partial charge in [0.15, 0.2) is 0 Å². The molecule has 1 N–H and O–H groups in total. The normalized spacial score (nSPS) is 12.8. The number of hydrogen-bond donors (Lipinski definition) is 1. The highest BCUT2D eigenvalue weighted by molar-refractivity contribution is 7.78. The van der Waals surface area contributed by atoms with Gasteiger partial charge in [0.05, 0.1) is 6.04 Å². The Hall–Kier alpha value is -2.84. The maximum Gasteiger partial charge on any atom is 0.408 e.